The van der Waals surface area contributed by atoms with E-state index in [1.165, 1.54) is 9.13 Å². The van der Waals surface area contributed by atoms with Gasteiger partial charge in [-0.15, -0.1) is 0 Å². The molecule has 0 spiro atoms. The highest BCUT2D eigenvalue weighted by Crippen LogP contribution is 2.35. The van der Waals surface area contributed by atoms with E-state index < -0.39 is 5.67 Å². The molecule has 0 N–H and O–H groups in total. The van der Waals surface area contributed by atoms with Gasteiger partial charge in [0, 0.05) is 20.1 Å². The second-order valence-electron chi connectivity index (χ2n) is 9.03. The second-order valence-corrected chi connectivity index (χ2v) is 9.44. The van der Waals surface area contributed by atoms with Crippen LogP contribution in [0, 0.1) is 0 Å². The lowest BCUT2D eigenvalue weighted by Gasteiger charge is -2.31. The Balaban J connectivity index is 1.59. The summed E-state index contributed by atoms with van der Waals surface area (Å²) in [7, 11) is 1.76. The van der Waals surface area contributed by atoms with Crippen molar-refractivity contribution in [1.82, 2.24) is 18.7 Å². The van der Waals surface area contributed by atoms with E-state index in [1.807, 2.05) is 25.1 Å². The van der Waals surface area contributed by atoms with Gasteiger partial charge in [-0.1, -0.05) is 23.7 Å². The van der Waals surface area contributed by atoms with Gasteiger partial charge in [-0.3, -0.25) is 13.9 Å². The van der Waals surface area contributed by atoms with Crippen molar-refractivity contribution in [3.63, 3.8) is 0 Å². The Morgan fingerprint density at radius 1 is 1.18 bits per heavy atom. The van der Waals surface area contributed by atoms with Crippen LogP contribution in [-0.2, 0) is 20.1 Å². The predicted octanol–water partition coefficient (Wildman–Crippen LogP) is 4.81. The summed E-state index contributed by atoms with van der Waals surface area (Å²) < 4.78 is 24.5. The molecule has 0 unspecified atom stereocenters. The summed E-state index contributed by atoms with van der Waals surface area (Å²) in [5.41, 5.74) is -0.203. The average Bonchev–Trinajstić information content (AvgIpc) is 3.12. The smallest absolute Gasteiger partial charge is 0.332 e. The highest BCUT2D eigenvalue weighted by molar-refractivity contribution is 6.32. The van der Waals surface area contributed by atoms with Crippen molar-refractivity contribution in [3.8, 4) is 5.75 Å². The molecule has 1 fully saturated rings. The highest BCUT2D eigenvalue weighted by atomic mass is 35.5. The van der Waals surface area contributed by atoms with Crippen LogP contribution in [0.2, 0.25) is 5.02 Å². The molecule has 0 amide bonds. The number of halogens is 2. The molecule has 2 heterocycles. The van der Waals surface area contributed by atoms with Crippen molar-refractivity contribution in [2.45, 2.75) is 71.3 Å². The van der Waals surface area contributed by atoms with E-state index in [0.29, 0.717) is 66.5 Å². The molecule has 2 aromatic heterocycles. The quantitative estimate of drug-likeness (QED) is 0.499. The molecule has 0 bridgehead atoms. The topological polar surface area (TPSA) is 71.1 Å². The van der Waals surface area contributed by atoms with Crippen molar-refractivity contribution in [2.24, 2.45) is 7.05 Å². The molecule has 182 valence electrons. The van der Waals surface area contributed by atoms with Gasteiger partial charge in [0.25, 0.3) is 5.56 Å². The van der Waals surface area contributed by atoms with Crippen LogP contribution in [0.5, 0.6) is 5.75 Å². The molecular weight excluding hydrogens is 459 g/mol. The van der Waals surface area contributed by atoms with Crippen LogP contribution in [0.3, 0.4) is 0 Å². The van der Waals surface area contributed by atoms with Crippen LogP contribution in [0.25, 0.3) is 23.3 Å². The zero-order valence-corrected chi connectivity index (χ0v) is 20.7. The van der Waals surface area contributed by atoms with E-state index in [1.54, 1.807) is 37.6 Å². The highest BCUT2D eigenvalue weighted by Gasteiger charge is 2.31. The summed E-state index contributed by atoms with van der Waals surface area (Å²) in [6, 6.07) is 5.49. The van der Waals surface area contributed by atoms with Crippen molar-refractivity contribution >= 4 is 34.9 Å². The first-order chi connectivity index (χ1) is 16.1. The zero-order chi connectivity index (χ0) is 24.6. The fourth-order valence-electron chi connectivity index (χ4n) is 4.47. The van der Waals surface area contributed by atoms with Gasteiger partial charge in [0.15, 0.2) is 11.2 Å². The largest absolute Gasteiger partial charge is 0.489 e. The molecule has 1 aliphatic carbocycles. The first-order valence-electron chi connectivity index (χ1n) is 11.7. The minimum absolute atomic E-state index is 0.0361. The number of fused-ring (bicyclic) bond motifs is 1. The Kier molecular flexibility index (Phi) is 6.71. The molecule has 1 saturated carbocycles. The molecule has 1 aromatic carbocycles. The molecule has 1 aliphatic rings. The molecule has 9 heteroatoms. The molecule has 7 nitrogen and oxygen atoms in total. The van der Waals surface area contributed by atoms with Gasteiger partial charge in [0.1, 0.15) is 17.2 Å². The Morgan fingerprint density at radius 3 is 2.47 bits per heavy atom. The number of alkyl halides is 1. The number of ether oxygens (including phenoxy) is 1. The second kappa shape index (κ2) is 9.41. The number of nitrogens with zero attached hydrogens (tertiary/aromatic N) is 4. The number of rotatable bonds is 6. The fourth-order valence-corrected chi connectivity index (χ4v) is 4.70. The lowest BCUT2D eigenvalue weighted by atomic mass is 9.86. The van der Waals surface area contributed by atoms with Crippen LogP contribution >= 0.6 is 11.6 Å². The van der Waals surface area contributed by atoms with Gasteiger partial charge in [-0.25, -0.2) is 14.2 Å². The molecular formula is C25H30ClFN4O3. The van der Waals surface area contributed by atoms with E-state index in [2.05, 4.69) is 4.98 Å². The maximum Gasteiger partial charge on any atom is 0.332 e. The number of hydrogen-bond donors (Lipinski definition) is 0. The zero-order valence-electron chi connectivity index (χ0n) is 20.0. The number of benzene rings is 1. The lowest BCUT2D eigenvalue weighted by Crippen LogP contribution is -2.39. The van der Waals surface area contributed by atoms with Crippen LogP contribution in [0.15, 0.2) is 27.8 Å². The molecule has 3 aromatic rings. The summed E-state index contributed by atoms with van der Waals surface area (Å²) >= 11 is 6.46. The Hall–Kier alpha value is -2.87. The van der Waals surface area contributed by atoms with Gasteiger partial charge in [0.2, 0.25) is 0 Å². The van der Waals surface area contributed by atoms with Crippen molar-refractivity contribution < 1.29 is 9.13 Å². The third-order valence-corrected chi connectivity index (χ3v) is 6.85. The third-order valence-electron chi connectivity index (χ3n) is 6.56. The van der Waals surface area contributed by atoms with Crippen LogP contribution < -0.4 is 16.0 Å². The number of imidazole rings is 1. The standard InChI is InChI=1S/C25H30ClFN4O3/c1-5-30-22-21(23(32)31(6-2)24(30)33)29(4)20(28-22)10-8-16-7-9-19(18(26)15-16)34-17-11-13-25(3,27)14-12-17/h7-10,15,17H,5-6,11-14H2,1-4H3/b10-8+. The molecule has 34 heavy (non-hydrogen) atoms. The molecule has 0 aliphatic heterocycles. The van der Waals surface area contributed by atoms with Crippen molar-refractivity contribution in [2.75, 3.05) is 0 Å². The first-order valence-corrected chi connectivity index (χ1v) is 12.1. The summed E-state index contributed by atoms with van der Waals surface area (Å²) in [6.07, 6.45) is 5.91. The molecule has 0 radical (unpaired) electrons. The lowest BCUT2D eigenvalue weighted by molar-refractivity contribution is 0.0580. The van der Waals surface area contributed by atoms with Crippen LogP contribution in [0.4, 0.5) is 4.39 Å². The summed E-state index contributed by atoms with van der Waals surface area (Å²) in [5, 5.41) is 0.478. The van der Waals surface area contributed by atoms with E-state index in [9.17, 15) is 14.0 Å². The van der Waals surface area contributed by atoms with E-state index in [-0.39, 0.29) is 17.4 Å². The number of aromatic nitrogens is 4. The molecule has 0 atom stereocenters. The van der Waals surface area contributed by atoms with Gasteiger partial charge in [-0.05, 0) is 70.2 Å². The first kappa shape index (κ1) is 24.3. The SMILES string of the molecule is CCn1c(=O)c2c(nc(/C=C/c3ccc(OC4CCC(C)(F)CC4)c(Cl)c3)n2C)n(CC)c1=O. The van der Waals surface area contributed by atoms with Crippen LogP contribution in [0.1, 0.15) is 57.8 Å². The van der Waals surface area contributed by atoms with E-state index >= 15 is 0 Å². The third kappa shape index (κ3) is 4.56. The van der Waals surface area contributed by atoms with E-state index in [0.717, 1.165) is 5.56 Å². The Bertz CT molecular complexity index is 1360. The Labute approximate surface area is 202 Å². The van der Waals surface area contributed by atoms with Crippen molar-refractivity contribution in [1.29, 1.82) is 0 Å². The number of aryl methyl sites for hydroxylation is 2. The van der Waals surface area contributed by atoms with Gasteiger partial charge in [0.05, 0.1) is 11.1 Å². The van der Waals surface area contributed by atoms with Crippen molar-refractivity contribution in [3.05, 3.63) is 55.4 Å². The van der Waals surface area contributed by atoms with E-state index in [4.69, 9.17) is 16.3 Å². The monoisotopic (exact) mass is 488 g/mol. The average molecular weight is 489 g/mol. The van der Waals surface area contributed by atoms with Crippen LogP contribution in [-0.4, -0.2) is 30.5 Å². The van der Waals surface area contributed by atoms with Gasteiger partial charge in [-0.2, -0.15) is 0 Å². The summed E-state index contributed by atoms with van der Waals surface area (Å²) in [5.74, 6) is 1.14. The van der Waals surface area contributed by atoms with Gasteiger partial charge >= 0.3 is 5.69 Å². The normalized spacial score (nSPS) is 20.9. The summed E-state index contributed by atoms with van der Waals surface area (Å²) in [4.78, 5) is 30.0. The summed E-state index contributed by atoms with van der Waals surface area (Å²) in [6.45, 7) is 5.98. The maximum atomic E-state index is 14.0. The van der Waals surface area contributed by atoms with Gasteiger partial charge < -0.3 is 9.30 Å². The minimum atomic E-state index is -1.11. The number of hydrogen-bond acceptors (Lipinski definition) is 4. The molecule has 0 saturated heterocycles. The maximum absolute atomic E-state index is 14.0. The predicted molar refractivity (Wildman–Crippen MR) is 133 cm³/mol. The minimum Gasteiger partial charge on any atom is -0.489 e. The molecule has 4 rings (SSSR count). The Morgan fingerprint density at radius 2 is 1.85 bits per heavy atom. The fraction of sp³-hybridized carbons (Fsp3) is 0.480.